The highest BCUT2D eigenvalue weighted by Gasteiger charge is 2.05. The van der Waals surface area contributed by atoms with Crippen LogP contribution >= 0.6 is 27.5 Å². The number of alkyl halides is 1. The van der Waals surface area contributed by atoms with E-state index < -0.39 is 0 Å². The molecule has 14 heavy (non-hydrogen) atoms. The van der Waals surface area contributed by atoms with Crippen molar-refractivity contribution in [3.05, 3.63) is 23.2 Å². The SMILES string of the molecule is Clc1ncnc2c(C#CCBr)c[nH]c12. The molecule has 0 bridgehead atoms. The van der Waals surface area contributed by atoms with Gasteiger partial charge in [-0.25, -0.2) is 9.97 Å². The fourth-order valence-corrected chi connectivity index (χ4v) is 1.46. The molecule has 0 saturated heterocycles. The van der Waals surface area contributed by atoms with Gasteiger partial charge in [0.05, 0.1) is 10.9 Å². The van der Waals surface area contributed by atoms with E-state index in [-0.39, 0.29) is 0 Å². The summed E-state index contributed by atoms with van der Waals surface area (Å²) in [6.07, 6.45) is 3.21. The quantitative estimate of drug-likeness (QED) is 0.454. The van der Waals surface area contributed by atoms with Gasteiger partial charge in [-0.1, -0.05) is 39.4 Å². The highest BCUT2D eigenvalue weighted by Crippen LogP contribution is 2.19. The zero-order valence-electron chi connectivity index (χ0n) is 7.01. The normalized spacial score (nSPS) is 9.86. The Balaban J connectivity index is 2.64. The van der Waals surface area contributed by atoms with Crippen LogP contribution in [0.1, 0.15) is 5.56 Å². The molecule has 0 fully saturated rings. The molecule has 0 aliphatic heterocycles. The third-order valence-corrected chi connectivity index (χ3v) is 2.27. The largest absolute Gasteiger partial charge is 0.356 e. The lowest BCUT2D eigenvalue weighted by Crippen LogP contribution is -1.81. The molecule has 0 radical (unpaired) electrons. The number of halogens is 2. The maximum Gasteiger partial charge on any atom is 0.156 e. The molecule has 0 aliphatic carbocycles. The Bertz CT molecular complexity index is 524. The van der Waals surface area contributed by atoms with Crippen molar-refractivity contribution in [3.63, 3.8) is 0 Å². The number of aromatic amines is 1. The highest BCUT2D eigenvalue weighted by atomic mass is 79.9. The van der Waals surface area contributed by atoms with Gasteiger partial charge in [-0.2, -0.15) is 0 Å². The number of nitrogens with one attached hydrogen (secondary N) is 1. The van der Waals surface area contributed by atoms with Crippen molar-refractivity contribution in [2.24, 2.45) is 0 Å². The average molecular weight is 271 g/mol. The summed E-state index contributed by atoms with van der Waals surface area (Å²) >= 11 is 9.10. The van der Waals surface area contributed by atoms with Crippen molar-refractivity contribution < 1.29 is 0 Å². The first-order chi connectivity index (χ1) is 6.83. The Labute approximate surface area is 94.0 Å². The van der Waals surface area contributed by atoms with Crippen LogP contribution in [0, 0.1) is 11.8 Å². The van der Waals surface area contributed by atoms with E-state index in [1.165, 1.54) is 6.33 Å². The first-order valence-electron chi connectivity index (χ1n) is 3.85. The molecular weight excluding hydrogens is 265 g/mol. The fraction of sp³-hybridized carbons (Fsp3) is 0.111. The zero-order valence-corrected chi connectivity index (χ0v) is 9.35. The van der Waals surface area contributed by atoms with Gasteiger partial charge in [-0.05, 0) is 0 Å². The Morgan fingerprint density at radius 2 is 2.36 bits per heavy atom. The van der Waals surface area contributed by atoms with Crippen molar-refractivity contribution in [1.29, 1.82) is 0 Å². The summed E-state index contributed by atoms with van der Waals surface area (Å²) < 4.78 is 0. The standard InChI is InChI=1S/C9H5BrClN3/c10-3-1-2-6-4-12-8-7(6)13-5-14-9(8)11/h4-5,12H,3H2. The lowest BCUT2D eigenvalue weighted by Gasteiger charge is -1.90. The van der Waals surface area contributed by atoms with Crippen LogP contribution in [-0.2, 0) is 0 Å². The van der Waals surface area contributed by atoms with Crippen LogP contribution in [0.3, 0.4) is 0 Å². The summed E-state index contributed by atoms with van der Waals surface area (Å²) in [6, 6.07) is 0. The second kappa shape index (κ2) is 3.99. The summed E-state index contributed by atoms with van der Waals surface area (Å²) in [5.41, 5.74) is 2.33. The van der Waals surface area contributed by atoms with Crippen molar-refractivity contribution in [1.82, 2.24) is 15.0 Å². The van der Waals surface area contributed by atoms with Crippen LogP contribution in [0.4, 0.5) is 0 Å². The summed E-state index contributed by atoms with van der Waals surface area (Å²) in [7, 11) is 0. The molecule has 5 heteroatoms. The van der Waals surface area contributed by atoms with Gasteiger partial charge in [0.1, 0.15) is 17.4 Å². The average Bonchev–Trinajstić information content (AvgIpc) is 2.60. The van der Waals surface area contributed by atoms with Gasteiger partial charge in [-0.3, -0.25) is 0 Å². The van der Waals surface area contributed by atoms with Crippen molar-refractivity contribution >= 4 is 38.6 Å². The van der Waals surface area contributed by atoms with Gasteiger partial charge in [-0.15, -0.1) is 0 Å². The number of hydrogen-bond acceptors (Lipinski definition) is 2. The fourth-order valence-electron chi connectivity index (χ4n) is 1.13. The number of nitrogens with zero attached hydrogens (tertiary/aromatic N) is 2. The molecule has 0 spiro atoms. The van der Waals surface area contributed by atoms with E-state index in [0.29, 0.717) is 10.5 Å². The molecule has 3 nitrogen and oxygen atoms in total. The predicted molar refractivity (Wildman–Crippen MR) is 59.6 cm³/mol. The van der Waals surface area contributed by atoms with Gasteiger partial charge in [0.15, 0.2) is 5.15 Å². The molecule has 0 saturated carbocycles. The smallest absolute Gasteiger partial charge is 0.156 e. The van der Waals surface area contributed by atoms with Crippen LogP contribution in [0.25, 0.3) is 11.0 Å². The minimum Gasteiger partial charge on any atom is -0.356 e. The van der Waals surface area contributed by atoms with Crippen molar-refractivity contribution in [2.75, 3.05) is 5.33 Å². The molecule has 0 unspecified atom stereocenters. The minimum absolute atomic E-state index is 0.418. The Hall–Kier alpha value is -1.05. The molecule has 1 N–H and O–H groups in total. The van der Waals surface area contributed by atoms with Crippen LogP contribution in [0.15, 0.2) is 12.5 Å². The van der Waals surface area contributed by atoms with Crippen molar-refractivity contribution in [3.8, 4) is 11.8 Å². The Kier molecular flexibility index (Phi) is 2.71. The topological polar surface area (TPSA) is 41.6 Å². The third kappa shape index (κ3) is 1.61. The first kappa shape index (κ1) is 9.50. The number of rotatable bonds is 0. The maximum absolute atomic E-state index is 5.86. The summed E-state index contributed by atoms with van der Waals surface area (Å²) in [6.45, 7) is 0. The highest BCUT2D eigenvalue weighted by molar-refractivity contribution is 9.09. The molecule has 70 valence electrons. The molecule has 0 aliphatic rings. The maximum atomic E-state index is 5.86. The van der Waals surface area contributed by atoms with E-state index in [4.69, 9.17) is 11.6 Å². The van der Waals surface area contributed by atoms with Gasteiger partial charge < -0.3 is 4.98 Å². The number of H-pyrrole nitrogens is 1. The van der Waals surface area contributed by atoms with Crippen molar-refractivity contribution in [2.45, 2.75) is 0 Å². The second-order valence-electron chi connectivity index (χ2n) is 2.53. The summed E-state index contributed by atoms with van der Waals surface area (Å²) in [5.74, 6) is 5.87. The molecule has 2 aromatic rings. The summed E-state index contributed by atoms with van der Waals surface area (Å²) in [5, 5.41) is 1.06. The van der Waals surface area contributed by atoms with E-state index >= 15 is 0 Å². The molecule has 0 aromatic carbocycles. The van der Waals surface area contributed by atoms with E-state index in [1.54, 1.807) is 6.20 Å². The molecule has 0 amide bonds. The molecular formula is C9H5BrClN3. The third-order valence-electron chi connectivity index (χ3n) is 1.71. The Morgan fingerprint density at radius 3 is 3.14 bits per heavy atom. The molecule has 2 aromatic heterocycles. The van der Waals surface area contributed by atoms with E-state index in [1.807, 2.05) is 0 Å². The van der Waals surface area contributed by atoms with Gasteiger partial charge in [0.2, 0.25) is 0 Å². The molecule has 0 atom stereocenters. The monoisotopic (exact) mass is 269 g/mol. The van der Waals surface area contributed by atoms with Gasteiger partial charge in [0, 0.05) is 6.20 Å². The van der Waals surface area contributed by atoms with Crippen LogP contribution < -0.4 is 0 Å². The van der Waals surface area contributed by atoms with Crippen LogP contribution in [0.2, 0.25) is 5.15 Å². The van der Waals surface area contributed by atoms with Gasteiger partial charge in [0.25, 0.3) is 0 Å². The summed E-state index contributed by atoms with van der Waals surface area (Å²) in [4.78, 5) is 11.0. The number of fused-ring (bicyclic) bond motifs is 1. The Morgan fingerprint density at radius 1 is 1.50 bits per heavy atom. The lowest BCUT2D eigenvalue weighted by atomic mass is 10.3. The van der Waals surface area contributed by atoms with E-state index in [9.17, 15) is 0 Å². The van der Waals surface area contributed by atoms with E-state index in [2.05, 4.69) is 42.7 Å². The number of hydrogen-bond donors (Lipinski definition) is 1. The second-order valence-corrected chi connectivity index (χ2v) is 3.44. The van der Waals surface area contributed by atoms with Crippen LogP contribution in [-0.4, -0.2) is 20.3 Å². The lowest BCUT2D eigenvalue weighted by molar-refractivity contribution is 1.22. The number of aromatic nitrogens is 3. The van der Waals surface area contributed by atoms with E-state index in [0.717, 1.165) is 16.6 Å². The minimum atomic E-state index is 0.418. The first-order valence-corrected chi connectivity index (χ1v) is 5.35. The molecule has 2 rings (SSSR count). The van der Waals surface area contributed by atoms with Gasteiger partial charge >= 0.3 is 0 Å². The predicted octanol–water partition coefficient (Wildman–Crippen LogP) is 2.36. The zero-order chi connectivity index (χ0) is 9.97. The molecule has 2 heterocycles. The van der Waals surface area contributed by atoms with Crippen LogP contribution in [0.5, 0.6) is 0 Å².